The lowest BCUT2D eigenvalue weighted by Crippen LogP contribution is -2.43. The smallest absolute Gasteiger partial charge is 0.207 e. The van der Waals surface area contributed by atoms with E-state index in [9.17, 15) is 9.18 Å². The first-order valence-electron chi connectivity index (χ1n) is 11.3. The molecule has 0 aliphatic carbocycles. The van der Waals surface area contributed by atoms with Crippen molar-refractivity contribution >= 4 is 35.0 Å². The summed E-state index contributed by atoms with van der Waals surface area (Å²) >= 11 is 1.71. The molecule has 3 heterocycles. The van der Waals surface area contributed by atoms with Gasteiger partial charge >= 0.3 is 0 Å². The first kappa shape index (κ1) is 24.6. The van der Waals surface area contributed by atoms with Crippen LogP contribution in [0.15, 0.2) is 59.9 Å². The summed E-state index contributed by atoms with van der Waals surface area (Å²) in [4.78, 5) is 22.1. The van der Waals surface area contributed by atoms with E-state index in [0.717, 1.165) is 42.9 Å². The number of hydrogen-bond acceptors (Lipinski definition) is 7. The van der Waals surface area contributed by atoms with Crippen LogP contribution < -0.4 is 15.5 Å². The van der Waals surface area contributed by atoms with Crippen molar-refractivity contribution in [2.75, 3.05) is 37.3 Å². The molecule has 5 rings (SSSR count). The average molecular weight is 498 g/mol. The fourth-order valence-electron chi connectivity index (χ4n) is 3.71. The summed E-state index contributed by atoms with van der Waals surface area (Å²) in [5.74, 6) is 0.644. The van der Waals surface area contributed by atoms with Crippen LogP contribution in [0.25, 0.3) is 16.7 Å². The van der Waals surface area contributed by atoms with Gasteiger partial charge in [-0.15, -0.1) is 16.9 Å². The van der Waals surface area contributed by atoms with Gasteiger partial charge in [-0.3, -0.25) is 4.79 Å². The van der Waals surface area contributed by atoms with E-state index in [-0.39, 0.29) is 8.67 Å². The second-order valence-electron chi connectivity index (χ2n) is 8.03. The molecular formula is C25H32FN7OS. The molecule has 8 nitrogen and oxygen atoms in total. The second kappa shape index (κ2) is 11.8. The van der Waals surface area contributed by atoms with E-state index >= 15 is 0 Å². The summed E-state index contributed by atoms with van der Waals surface area (Å²) in [7, 11) is 0. The highest BCUT2D eigenvalue weighted by molar-refractivity contribution is 7.98. The Bertz CT molecular complexity index is 1280. The summed E-state index contributed by atoms with van der Waals surface area (Å²) in [5, 5.41) is 11.3. The van der Waals surface area contributed by atoms with Crippen LogP contribution in [0.5, 0.6) is 0 Å². The van der Waals surface area contributed by atoms with Crippen molar-refractivity contribution in [1.82, 2.24) is 30.4 Å². The number of thioether (sulfide) groups is 1. The molecule has 35 heavy (non-hydrogen) atoms. The molecule has 1 saturated heterocycles. The van der Waals surface area contributed by atoms with E-state index in [1.807, 2.05) is 42.8 Å². The van der Waals surface area contributed by atoms with Crippen LogP contribution in [-0.4, -0.2) is 58.6 Å². The molecule has 0 radical (unpaired) electrons. The van der Waals surface area contributed by atoms with Crippen molar-refractivity contribution in [2.24, 2.45) is 0 Å². The molecule has 2 aromatic heterocycles. The van der Waals surface area contributed by atoms with E-state index in [1.54, 1.807) is 29.4 Å². The van der Waals surface area contributed by atoms with Crippen molar-refractivity contribution in [3.05, 3.63) is 71.9 Å². The van der Waals surface area contributed by atoms with Crippen LogP contribution >= 0.6 is 11.8 Å². The quantitative estimate of drug-likeness (QED) is 0.309. The van der Waals surface area contributed by atoms with Gasteiger partial charge in [0.25, 0.3) is 0 Å². The lowest BCUT2D eigenvalue weighted by Gasteiger charge is -2.28. The van der Waals surface area contributed by atoms with Crippen molar-refractivity contribution in [3.8, 4) is 5.69 Å². The molecule has 0 atom stereocenters. The number of benzene rings is 2. The molecule has 0 spiro atoms. The number of fused-ring (bicyclic) bond motifs is 1. The molecule has 0 unspecified atom stereocenters. The summed E-state index contributed by atoms with van der Waals surface area (Å²) in [6.07, 6.45) is 6.16. The first-order chi connectivity index (χ1) is 17.1. The Kier molecular flexibility index (Phi) is 8.27. The van der Waals surface area contributed by atoms with Crippen LogP contribution in [0.3, 0.4) is 0 Å². The molecule has 4 aromatic rings. The third-order valence-corrected chi connectivity index (χ3v) is 6.42. The molecule has 186 valence electrons. The van der Waals surface area contributed by atoms with Crippen molar-refractivity contribution in [3.63, 3.8) is 0 Å². The maximum Gasteiger partial charge on any atom is 0.207 e. The van der Waals surface area contributed by atoms with Crippen LogP contribution in [0.2, 0.25) is 0 Å². The highest BCUT2D eigenvalue weighted by Gasteiger charge is 2.17. The number of amides is 1. The monoisotopic (exact) mass is 497 g/mol. The third-order valence-electron chi connectivity index (χ3n) is 5.68. The fraction of sp³-hybridized carbons (Fsp3) is 0.280. The highest BCUT2D eigenvalue weighted by atomic mass is 32.2. The topological polar surface area (TPSA) is 88.0 Å². The van der Waals surface area contributed by atoms with E-state index in [1.165, 1.54) is 17.3 Å². The van der Waals surface area contributed by atoms with E-state index in [0.29, 0.717) is 29.9 Å². The average Bonchev–Trinajstić information content (AvgIpc) is 3.35. The number of nitrogens with one attached hydrogen (secondary N) is 2. The van der Waals surface area contributed by atoms with Gasteiger partial charge in [-0.25, -0.2) is 19.0 Å². The molecule has 10 heteroatoms. The summed E-state index contributed by atoms with van der Waals surface area (Å²) in [6.45, 7) is 6.02. The number of hydrogen-bond donors (Lipinski definition) is 2. The molecule has 1 fully saturated rings. The van der Waals surface area contributed by atoms with Gasteiger partial charge in [-0.1, -0.05) is 18.2 Å². The van der Waals surface area contributed by atoms with E-state index < -0.39 is 0 Å². The predicted molar refractivity (Wildman–Crippen MR) is 142 cm³/mol. The Morgan fingerprint density at radius 2 is 1.94 bits per heavy atom. The molecule has 1 amide bonds. The number of nitrogens with zero attached hydrogens (tertiary/aromatic N) is 5. The number of aryl methyl sites for hydroxylation is 1. The molecule has 0 bridgehead atoms. The van der Waals surface area contributed by atoms with Gasteiger partial charge in [0.1, 0.15) is 18.0 Å². The summed E-state index contributed by atoms with van der Waals surface area (Å²) in [6, 6.07) is 13.2. The molecule has 0 saturated carbocycles. The summed E-state index contributed by atoms with van der Waals surface area (Å²) in [5.41, 5.74) is 3.04. The fourth-order valence-corrected chi connectivity index (χ4v) is 4.12. The van der Waals surface area contributed by atoms with Crippen LogP contribution in [0.4, 0.5) is 10.2 Å². The van der Waals surface area contributed by atoms with Crippen molar-refractivity contribution in [1.29, 1.82) is 0 Å². The Morgan fingerprint density at radius 1 is 1.17 bits per heavy atom. The number of carbonyl (C=O) groups is 1. The molecular weight excluding hydrogens is 465 g/mol. The standard InChI is InChI=1S/C16H17FN6.C9H11NOS.2H2/c1-11-2-3-12(8-14(11)17)23-9-13-15(21-23)19-10-20-16(13)22-6-4-18-5-7-22;1-12-9-4-2-8(3-5-9)6-10-7-11;;/h2-3,8-10,18H,4-7H2,1H3;2-5,7H,6H2,1H3,(H,10,11);2*1H. The lowest BCUT2D eigenvalue weighted by molar-refractivity contribution is -0.109. The van der Waals surface area contributed by atoms with Crippen LogP contribution in [-0.2, 0) is 11.3 Å². The van der Waals surface area contributed by atoms with Crippen molar-refractivity contribution in [2.45, 2.75) is 18.4 Å². The van der Waals surface area contributed by atoms with Gasteiger partial charge in [-0.05, 0) is 48.6 Å². The minimum absolute atomic E-state index is 0. The van der Waals surface area contributed by atoms with E-state index in [4.69, 9.17) is 0 Å². The zero-order valence-electron chi connectivity index (χ0n) is 19.7. The number of halogens is 1. The number of anilines is 1. The molecule has 2 N–H and O–H groups in total. The highest BCUT2D eigenvalue weighted by Crippen LogP contribution is 2.24. The molecule has 1 aliphatic heterocycles. The maximum absolute atomic E-state index is 13.8. The van der Waals surface area contributed by atoms with Gasteiger partial charge in [0.15, 0.2) is 5.65 Å². The van der Waals surface area contributed by atoms with Gasteiger partial charge in [0.2, 0.25) is 6.41 Å². The third kappa shape index (κ3) is 6.14. The second-order valence-corrected chi connectivity index (χ2v) is 8.91. The first-order valence-corrected chi connectivity index (χ1v) is 12.5. The maximum atomic E-state index is 13.8. The SMILES string of the molecule is CSc1ccc(CNC=O)cc1.Cc1ccc(-n2cc3c(N4CCNCC4)ncnc3n2)cc1F.[HH].[HH]. The lowest BCUT2D eigenvalue weighted by atomic mass is 10.2. The summed E-state index contributed by atoms with van der Waals surface area (Å²) < 4.78 is 15.5. The van der Waals surface area contributed by atoms with Gasteiger partial charge < -0.3 is 15.5 Å². The largest absolute Gasteiger partial charge is 0.355 e. The molecule has 1 aliphatic rings. The Hall–Kier alpha value is -3.50. The molecule has 2 aromatic carbocycles. The Labute approximate surface area is 210 Å². The predicted octanol–water partition coefficient (Wildman–Crippen LogP) is 3.82. The zero-order chi connectivity index (χ0) is 24.6. The number of rotatable bonds is 6. The van der Waals surface area contributed by atoms with Crippen LogP contribution in [0, 0.1) is 12.7 Å². The van der Waals surface area contributed by atoms with Crippen LogP contribution in [0.1, 0.15) is 14.0 Å². The minimum atomic E-state index is -0.240. The van der Waals surface area contributed by atoms with Gasteiger partial charge in [0.05, 0.1) is 11.1 Å². The number of aromatic nitrogens is 4. The Balaban J connectivity index is 0.000000296. The van der Waals surface area contributed by atoms with E-state index in [2.05, 4.69) is 30.6 Å². The zero-order valence-corrected chi connectivity index (χ0v) is 20.6. The minimum Gasteiger partial charge on any atom is -0.355 e. The van der Waals surface area contributed by atoms with Gasteiger partial charge in [0, 0.05) is 46.7 Å². The van der Waals surface area contributed by atoms with Crippen molar-refractivity contribution < 1.29 is 12.0 Å². The van der Waals surface area contributed by atoms with Gasteiger partial charge in [-0.2, -0.15) is 0 Å². The Morgan fingerprint density at radius 3 is 2.63 bits per heavy atom. The number of carbonyl (C=O) groups excluding carboxylic acids is 1. The number of piperazine rings is 1. The normalized spacial score (nSPS) is 13.3.